The molecule has 0 radical (unpaired) electrons. The molecule has 0 aliphatic heterocycles. The maximum Gasteiger partial charge on any atom is 0.106 e. The average molecular weight is 445 g/mol. The molecule has 8 N–H and O–H groups in total. The van der Waals surface area contributed by atoms with Gasteiger partial charge >= 0.3 is 0 Å². The summed E-state index contributed by atoms with van der Waals surface area (Å²) in [6, 6.07) is 0. The summed E-state index contributed by atoms with van der Waals surface area (Å²) in [5.41, 5.74) is 7.66. The van der Waals surface area contributed by atoms with E-state index in [1.54, 1.807) is 0 Å². The molecule has 0 bridgehead atoms. The molecule has 0 aromatic rings. The third-order valence-electron chi connectivity index (χ3n) is 8.29. The molecule has 0 heterocycles. The highest BCUT2D eigenvalue weighted by Gasteiger charge is 2.57. The second kappa shape index (κ2) is 9.51. The van der Waals surface area contributed by atoms with Gasteiger partial charge in [0.1, 0.15) is 4.49 Å². The fourth-order valence-corrected chi connectivity index (χ4v) is 7.35. The van der Waals surface area contributed by atoms with Crippen LogP contribution in [-0.2, 0) is 0 Å². The highest BCUT2D eigenvalue weighted by Crippen LogP contribution is 2.64. The molecule has 27 heavy (non-hydrogen) atoms. The van der Waals surface area contributed by atoms with Gasteiger partial charge in [0.15, 0.2) is 0 Å². The van der Waals surface area contributed by atoms with Crippen LogP contribution in [0.25, 0.3) is 0 Å². The van der Waals surface area contributed by atoms with Gasteiger partial charge in [-0.05, 0) is 91.6 Å². The lowest BCUT2D eigenvalue weighted by atomic mass is 9.49. The van der Waals surface area contributed by atoms with Crippen LogP contribution in [0.3, 0.4) is 0 Å². The molecule has 3 rings (SSSR count). The predicted octanol–water partition coefficient (Wildman–Crippen LogP) is 5.03. The van der Waals surface area contributed by atoms with E-state index in [-0.39, 0.29) is 48.0 Å². The van der Waals surface area contributed by atoms with Gasteiger partial charge in [0.25, 0.3) is 0 Å². The molecule has 7 atom stereocenters. The Morgan fingerprint density at radius 1 is 1.15 bits per heavy atom. The van der Waals surface area contributed by atoms with Crippen molar-refractivity contribution in [2.75, 3.05) is 13.2 Å². The molecule has 0 spiro atoms. The van der Waals surface area contributed by atoms with Crippen molar-refractivity contribution in [1.82, 2.24) is 6.15 Å². The minimum absolute atomic E-state index is 0. The summed E-state index contributed by atoms with van der Waals surface area (Å²) in [5.74, 6) is 1.60. The summed E-state index contributed by atoms with van der Waals surface area (Å²) >= 11 is 12.4. The Labute approximate surface area is 180 Å². The molecule has 0 amide bonds. The lowest BCUT2D eigenvalue weighted by Crippen LogP contribution is -2.52. The Morgan fingerprint density at radius 2 is 1.81 bits per heavy atom. The summed E-state index contributed by atoms with van der Waals surface area (Å²) in [6.45, 7) is 5.48. The molecule has 0 aromatic carbocycles. The number of rotatable bonds is 3. The molecule has 160 valence electrons. The maximum atomic E-state index is 10.1. The van der Waals surface area contributed by atoms with Crippen molar-refractivity contribution in [1.29, 1.82) is 0 Å². The van der Waals surface area contributed by atoms with Gasteiger partial charge in [0.2, 0.25) is 0 Å². The Bertz CT molecular complexity index is 543. The largest absolute Gasteiger partial charge is 0.396 e. The van der Waals surface area contributed by atoms with Crippen LogP contribution in [-0.4, -0.2) is 29.5 Å². The van der Waals surface area contributed by atoms with Crippen LogP contribution in [0, 0.1) is 34.5 Å². The second-order valence-corrected chi connectivity index (χ2v) is 10.1. The quantitative estimate of drug-likeness (QED) is 0.490. The van der Waals surface area contributed by atoms with Crippen LogP contribution >= 0.6 is 35.6 Å². The molecule has 0 saturated heterocycles. The van der Waals surface area contributed by atoms with Gasteiger partial charge < -0.3 is 22.1 Å². The zero-order chi connectivity index (χ0) is 18.4. The number of fused-ring (bicyclic) bond motifs is 1. The number of quaternary nitrogens is 1. The minimum Gasteiger partial charge on any atom is -0.396 e. The number of nitrogens with two attached hydrogens (primary N) is 1. The van der Waals surface area contributed by atoms with Crippen molar-refractivity contribution in [2.24, 2.45) is 40.2 Å². The molecule has 2 unspecified atom stereocenters. The molecular weight excluding hydrogens is 407 g/mol. The van der Waals surface area contributed by atoms with Gasteiger partial charge in [0.05, 0.1) is 6.10 Å². The van der Waals surface area contributed by atoms with Crippen LogP contribution in [0.15, 0.2) is 10.1 Å². The Kier molecular flexibility index (Phi) is 8.97. The van der Waals surface area contributed by atoms with E-state index in [0.717, 1.165) is 38.5 Å². The highest BCUT2D eigenvalue weighted by molar-refractivity contribution is 6.56. The van der Waals surface area contributed by atoms with Crippen LogP contribution in [0.1, 0.15) is 58.8 Å². The average Bonchev–Trinajstić information content (AvgIpc) is 2.93. The topological polar surface area (TPSA) is 103 Å². The summed E-state index contributed by atoms with van der Waals surface area (Å²) < 4.78 is 0.458. The number of aliphatic hydroxyl groups excluding tert-OH is 2. The van der Waals surface area contributed by atoms with Crippen molar-refractivity contribution in [3.8, 4) is 0 Å². The minimum atomic E-state index is -0.272. The molecule has 3 saturated carbocycles. The zero-order valence-electron chi connectivity index (χ0n) is 16.9. The summed E-state index contributed by atoms with van der Waals surface area (Å²) in [6.07, 6.45) is 6.52. The fourth-order valence-electron chi connectivity index (χ4n) is 6.73. The highest BCUT2D eigenvalue weighted by atomic mass is 35.5. The standard InChI is InChI=1S/C20H33Cl2NO2.ClH.H3N/c1-19(7-5-13(25)9-12(19)11-24)16-6-8-20(2)15(14(16)10-23)3-4-17(20)18(21)22;;/h12-16,24-25H,3-11,23H2,1-2H3;1H;1H3/p+1/t12-,13+,14-,15?,16?,19+,20-;;/m1../s1. The van der Waals surface area contributed by atoms with Gasteiger partial charge in [0, 0.05) is 6.61 Å². The molecular formula is C20H38Cl3N2O2+. The summed E-state index contributed by atoms with van der Waals surface area (Å²) in [7, 11) is 0. The van der Waals surface area contributed by atoms with E-state index in [9.17, 15) is 10.2 Å². The number of allylic oxidation sites excluding steroid dienone is 1. The third-order valence-corrected chi connectivity index (χ3v) is 8.75. The molecule has 3 aliphatic carbocycles. The van der Waals surface area contributed by atoms with E-state index in [2.05, 4.69) is 13.8 Å². The molecule has 7 heteroatoms. The van der Waals surface area contributed by atoms with Crippen LogP contribution in [0.4, 0.5) is 0 Å². The number of hydrogen-bond donors (Lipinski definition) is 4. The molecule has 0 aromatic heterocycles. The van der Waals surface area contributed by atoms with Gasteiger partial charge in [-0.15, -0.1) is 12.4 Å². The number of hydrogen-bond acceptors (Lipinski definition) is 3. The molecule has 4 nitrogen and oxygen atoms in total. The molecule has 3 fully saturated rings. The summed E-state index contributed by atoms with van der Waals surface area (Å²) in [4.78, 5) is 0. The van der Waals surface area contributed by atoms with Crippen LogP contribution in [0.2, 0.25) is 0 Å². The van der Waals surface area contributed by atoms with Crippen molar-refractivity contribution >= 4 is 35.6 Å². The van der Waals surface area contributed by atoms with Crippen LogP contribution in [0.5, 0.6) is 0 Å². The normalized spacial score (nSPS) is 44.1. The SMILES string of the molecule is C[C@@]12CCC([C@@]3(C)CC[C@H](O)C[C@@H]3CO)[C@H](CN)C1CCC2=C(Cl)Cl.Cl.[NH4+]. The maximum absolute atomic E-state index is 10.1. The van der Waals surface area contributed by atoms with E-state index >= 15 is 0 Å². The lowest BCUT2D eigenvalue weighted by Gasteiger charge is -2.56. The first-order valence-corrected chi connectivity index (χ1v) is 10.6. The predicted molar refractivity (Wildman–Crippen MR) is 117 cm³/mol. The van der Waals surface area contributed by atoms with Crippen molar-refractivity contribution in [3.63, 3.8) is 0 Å². The number of aliphatic hydroxyl groups is 2. The lowest BCUT2D eigenvalue weighted by molar-refractivity contribution is -0.0917. The van der Waals surface area contributed by atoms with E-state index in [1.807, 2.05) is 0 Å². The zero-order valence-corrected chi connectivity index (χ0v) is 19.2. The Morgan fingerprint density at radius 3 is 2.37 bits per heavy atom. The van der Waals surface area contributed by atoms with Crippen molar-refractivity contribution < 1.29 is 10.2 Å². The van der Waals surface area contributed by atoms with E-state index in [4.69, 9.17) is 28.9 Å². The second-order valence-electron chi connectivity index (χ2n) is 9.16. The van der Waals surface area contributed by atoms with Gasteiger partial charge in [-0.3, -0.25) is 0 Å². The summed E-state index contributed by atoms with van der Waals surface area (Å²) in [5, 5.41) is 20.1. The van der Waals surface area contributed by atoms with Crippen LogP contribution < -0.4 is 11.9 Å². The Hall–Kier alpha value is 0.450. The third kappa shape index (κ3) is 4.19. The van der Waals surface area contributed by atoms with E-state index in [0.29, 0.717) is 35.2 Å². The molecule has 3 aliphatic rings. The smallest absolute Gasteiger partial charge is 0.106 e. The van der Waals surface area contributed by atoms with Gasteiger partial charge in [-0.25, -0.2) is 0 Å². The monoisotopic (exact) mass is 443 g/mol. The first-order valence-electron chi connectivity index (χ1n) is 9.81. The van der Waals surface area contributed by atoms with Gasteiger partial charge in [-0.1, -0.05) is 37.0 Å². The first kappa shape index (κ1) is 25.5. The Balaban J connectivity index is 0.00000182. The van der Waals surface area contributed by atoms with Crippen molar-refractivity contribution in [3.05, 3.63) is 10.1 Å². The van der Waals surface area contributed by atoms with Gasteiger partial charge in [-0.2, -0.15) is 0 Å². The fraction of sp³-hybridized carbons (Fsp3) is 0.900. The van der Waals surface area contributed by atoms with Crippen molar-refractivity contribution in [2.45, 2.75) is 64.9 Å². The first-order chi connectivity index (χ1) is 11.8. The number of halogens is 3. The van der Waals surface area contributed by atoms with E-state index < -0.39 is 0 Å². The van der Waals surface area contributed by atoms with E-state index in [1.165, 1.54) is 5.57 Å².